The molecular formula is C12H14BrNO4. The minimum Gasteiger partial charge on any atom is -0.469 e. The molecule has 1 heterocycles. The van der Waals surface area contributed by atoms with E-state index >= 15 is 0 Å². The fraction of sp³-hybridized carbons (Fsp3) is 0.417. The number of ether oxygens (including phenoxy) is 2. The molecule has 0 spiro atoms. The smallest absolute Gasteiger partial charge is 0.311 e. The Morgan fingerprint density at radius 3 is 2.39 bits per heavy atom. The third-order valence-corrected chi connectivity index (χ3v) is 3.02. The number of esters is 2. The maximum absolute atomic E-state index is 11.3. The van der Waals surface area contributed by atoms with Crippen molar-refractivity contribution in [3.8, 4) is 0 Å². The van der Waals surface area contributed by atoms with Gasteiger partial charge in [-0.2, -0.15) is 0 Å². The second kappa shape index (κ2) is 7.10. The first-order valence-corrected chi connectivity index (χ1v) is 6.39. The monoisotopic (exact) mass is 315 g/mol. The fourth-order valence-electron chi connectivity index (χ4n) is 1.41. The number of rotatable bonds is 5. The molecule has 0 fully saturated rings. The Kier molecular flexibility index (Phi) is 5.77. The number of hydrogen-bond donors (Lipinski definition) is 0. The third kappa shape index (κ3) is 4.10. The number of halogens is 1. The Morgan fingerprint density at radius 1 is 1.22 bits per heavy atom. The average Bonchev–Trinajstić information content (AvgIpc) is 2.40. The summed E-state index contributed by atoms with van der Waals surface area (Å²) in [6.07, 6.45) is 1.80. The van der Waals surface area contributed by atoms with Crippen molar-refractivity contribution < 1.29 is 19.1 Å². The Hall–Kier alpha value is -1.43. The lowest BCUT2D eigenvalue weighted by molar-refractivity contribution is -0.141. The number of methoxy groups -OCH3 is 2. The average molecular weight is 316 g/mol. The van der Waals surface area contributed by atoms with Gasteiger partial charge in [-0.05, 0) is 11.1 Å². The van der Waals surface area contributed by atoms with Crippen LogP contribution in [0.1, 0.15) is 16.8 Å². The molecule has 98 valence electrons. The first kappa shape index (κ1) is 14.6. The van der Waals surface area contributed by atoms with Crippen LogP contribution in [-0.4, -0.2) is 31.1 Å². The first-order chi connectivity index (χ1) is 8.60. The largest absolute Gasteiger partial charge is 0.469 e. The summed E-state index contributed by atoms with van der Waals surface area (Å²) in [4.78, 5) is 26.8. The number of carbonyl (C=O) groups excluding carboxylic acids is 2. The molecule has 5 nitrogen and oxygen atoms in total. The third-order valence-electron chi connectivity index (χ3n) is 2.37. The molecular weight excluding hydrogens is 302 g/mol. The van der Waals surface area contributed by atoms with Crippen molar-refractivity contribution in [2.24, 2.45) is 0 Å². The van der Waals surface area contributed by atoms with Gasteiger partial charge in [-0.15, -0.1) is 0 Å². The first-order valence-electron chi connectivity index (χ1n) is 5.27. The van der Waals surface area contributed by atoms with Crippen LogP contribution in [0.5, 0.6) is 0 Å². The molecule has 18 heavy (non-hydrogen) atoms. The van der Waals surface area contributed by atoms with Crippen LogP contribution in [0.25, 0.3) is 0 Å². The van der Waals surface area contributed by atoms with Gasteiger partial charge in [0, 0.05) is 11.5 Å². The van der Waals surface area contributed by atoms with Gasteiger partial charge in [-0.1, -0.05) is 22.0 Å². The number of nitrogens with zero attached hydrogens (tertiary/aromatic N) is 1. The molecule has 0 aliphatic rings. The lowest BCUT2D eigenvalue weighted by atomic mass is 10.1. The Balaban J connectivity index is 2.99. The van der Waals surface area contributed by atoms with E-state index in [2.05, 4.69) is 30.4 Å². The van der Waals surface area contributed by atoms with Crippen molar-refractivity contribution in [1.29, 1.82) is 0 Å². The van der Waals surface area contributed by atoms with Crippen molar-refractivity contribution in [2.45, 2.75) is 18.2 Å². The minimum atomic E-state index is -0.389. The normalized spacial score (nSPS) is 9.94. The van der Waals surface area contributed by atoms with Crippen molar-refractivity contribution in [3.63, 3.8) is 0 Å². The van der Waals surface area contributed by atoms with Gasteiger partial charge in [0.25, 0.3) is 0 Å². The van der Waals surface area contributed by atoms with Gasteiger partial charge in [-0.25, -0.2) is 0 Å². The molecule has 0 bridgehead atoms. The van der Waals surface area contributed by atoms with Gasteiger partial charge in [0.15, 0.2) is 0 Å². The van der Waals surface area contributed by atoms with Gasteiger partial charge in [0.2, 0.25) is 0 Å². The van der Waals surface area contributed by atoms with Crippen molar-refractivity contribution in [1.82, 2.24) is 4.98 Å². The van der Waals surface area contributed by atoms with E-state index in [1.807, 2.05) is 6.07 Å². The highest BCUT2D eigenvalue weighted by molar-refractivity contribution is 9.08. The Morgan fingerprint density at radius 2 is 1.83 bits per heavy atom. The lowest BCUT2D eigenvalue weighted by Gasteiger charge is -2.08. The summed E-state index contributed by atoms with van der Waals surface area (Å²) in [5.41, 5.74) is 2.16. The molecule has 0 radical (unpaired) electrons. The summed E-state index contributed by atoms with van der Waals surface area (Å²) in [6, 6.07) is 1.83. The molecule has 1 aromatic rings. The minimum absolute atomic E-state index is 0.0470. The molecule has 0 saturated heterocycles. The van der Waals surface area contributed by atoms with E-state index < -0.39 is 0 Å². The van der Waals surface area contributed by atoms with E-state index in [0.717, 1.165) is 5.56 Å². The second-order valence-corrected chi connectivity index (χ2v) is 4.15. The van der Waals surface area contributed by atoms with Crippen molar-refractivity contribution >= 4 is 27.9 Å². The Labute approximate surface area is 114 Å². The van der Waals surface area contributed by atoms with Crippen LogP contribution in [-0.2, 0) is 37.2 Å². The summed E-state index contributed by atoms with van der Waals surface area (Å²) in [5, 5.41) is 0.632. The van der Waals surface area contributed by atoms with E-state index in [9.17, 15) is 9.59 Å². The van der Waals surface area contributed by atoms with Crippen LogP contribution in [0, 0.1) is 0 Å². The van der Waals surface area contributed by atoms with Crippen LogP contribution < -0.4 is 0 Å². The summed E-state index contributed by atoms with van der Waals surface area (Å²) >= 11 is 3.32. The quantitative estimate of drug-likeness (QED) is 0.607. The number of alkyl halides is 1. The second-order valence-electron chi connectivity index (χ2n) is 3.59. The SMILES string of the molecule is COC(=O)Cc1cc(CBr)cnc1CC(=O)OC. The summed E-state index contributed by atoms with van der Waals surface area (Å²) in [7, 11) is 2.64. The van der Waals surface area contributed by atoms with Gasteiger partial charge >= 0.3 is 11.9 Å². The topological polar surface area (TPSA) is 65.5 Å². The molecule has 0 saturated carbocycles. The number of hydrogen-bond acceptors (Lipinski definition) is 5. The number of carbonyl (C=O) groups is 2. The Bertz CT molecular complexity index is 448. The number of aromatic nitrogens is 1. The highest BCUT2D eigenvalue weighted by atomic mass is 79.9. The van der Waals surface area contributed by atoms with Crippen LogP contribution in [0.4, 0.5) is 0 Å². The molecule has 0 aliphatic carbocycles. The molecule has 6 heteroatoms. The fourth-order valence-corrected chi connectivity index (χ4v) is 1.72. The predicted octanol–water partition coefficient (Wildman–Crippen LogP) is 1.41. The molecule has 0 atom stereocenters. The standard InChI is InChI=1S/C12H14BrNO4/c1-17-11(15)4-9-3-8(6-13)7-14-10(9)5-12(16)18-2/h3,7H,4-6H2,1-2H3. The maximum Gasteiger partial charge on any atom is 0.311 e. The zero-order valence-electron chi connectivity index (χ0n) is 10.2. The van der Waals surface area contributed by atoms with Gasteiger partial charge in [-0.3, -0.25) is 14.6 Å². The summed E-state index contributed by atoms with van der Waals surface area (Å²) in [6.45, 7) is 0. The van der Waals surface area contributed by atoms with Gasteiger partial charge < -0.3 is 9.47 Å². The van der Waals surface area contributed by atoms with Crippen LogP contribution in [0.2, 0.25) is 0 Å². The molecule has 1 aromatic heterocycles. The molecule has 0 unspecified atom stereocenters. The van der Waals surface area contributed by atoms with Gasteiger partial charge in [0.1, 0.15) is 0 Å². The maximum atomic E-state index is 11.3. The number of pyridine rings is 1. The van der Waals surface area contributed by atoms with Crippen molar-refractivity contribution in [3.05, 3.63) is 29.1 Å². The highest BCUT2D eigenvalue weighted by Crippen LogP contribution is 2.14. The van der Waals surface area contributed by atoms with E-state index in [4.69, 9.17) is 0 Å². The van der Waals surface area contributed by atoms with Crippen molar-refractivity contribution in [2.75, 3.05) is 14.2 Å². The van der Waals surface area contributed by atoms with Crippen LogP contribution in [0.3, 0.4) is 0 Å². The van der Waals surface area contributed by atoms with E-state index in [-0.39, 0.29) is 24.8 Å². The predicted molar refractivity (Wildman–Crippen MR) is 68.3 cm³/mol. The highest BCUT2D eigenvalue weighted by Gasteiger charge is 2.13. The lowest BCUT2D eigenvalue weighted by Crippen LogP contribution is -2.13. The van der Waals surface area contributed by atoms with Crippen LogP contribution in [0.15, 0.2) is 12.3 Å². The van der Waals surface area contributed by atoms with E-state index in [0.29, 0.717) is 16.6 Å². The molecule has 1 rings (SSSR count). The summed E-state index contributed by atoms with van der Waals surface area (Å²) < 4.78 is 9.21. The zero-order valence-corrected chi connectivity index (χ0v) is 11.8. The zero-order chi connectivity index (χ0) is 13.5. The molecule has 0 amide bonds. The molecule has 0 N–H and O–H groups in total. The van der Waals surface area contributed by atoms with E-state index in [1.165, 1.54) is 14.2 Å². The van der Waals surface area contributed by atoms with Gasteiger partial charge in [0.05, 0.1) is 32.8 Å². The molecule has 0 aliphatic heterocycles. The summed E-state index contributed by atoms with van der Waals surface area (Å²) in [5.74, 6) is -0.755. The molecule has 0 aromatic carbocycles. The van der Waals surface area contributed by atoms with Crippen LogP contribution >= 0.6 is 15.9 Å². The van der Waals surface area contributed by atoms with E-state index in [1.54, 1.807) is 6.20 Å².